The number of anilines is 1. The number of pyridine rings is 1. The van der Waals surface area contributed by atoms with E-state index < -0.39 is 27.9 Å². The van der Waals surface area contributed by atoms with Gasteiger partial charge in [0.05, 0.1) is 16.6 Å². The molecule has 0 saturated carbocycles. The summed E-state index contributed by atoms with van der Waals surface area (Å²) in [4.78, 5) is 15.1. The van der Waals surface area contributed by atoms with Gasteiger partial charge in [0.1, 0.15) is 18.2 Å². The summed E-state index contributed by atoms with van der Waals surface area (Å²) in [6, 6.07) is 16.8. The highest BCUT2D eigenvalue weighted by molar-refractivity contribution is 7.89. The molecule has 0 radical (unpaired) electrons. The second-order valence-electron chi connectivity index (χ2n) is 8.98. The van der Waals surface area contributed by atoms with E-state index in [-0.39, 0.29) is 23.3 Å². The van der Waals surface area contributed by atoms with Crippen LogP contribution in [0, 0.1) is 5.82 Å². The van der Waals surface area contributed by atoms with Crippen LogP contribution in [0.2, 0.25) is 0 Å². The Labute approximate surface area is 199 Å². The van der Waals surface area contributed by atoms with Gasteiger partial charge in [-0.3, -0.25) is 4.79 Å². The van der Waals surface area contributed by atoms with Crippen molar-refractivity contribution in [1.29, 1.82) is 0 Å². The first-order valence-corrected chi connectivity index (χ1v) is 12.2. The number of nitrogens with zero attached hydrogens (tertiary/aromatic N) is 1. The molecule has 1 atom stereocenters. The Balaban J connectivity index is 1.94. The van der Waals surface area contributed by atoms with Gasteiger partial charge in [-0.25, -0.2) is 22.5 Å². The molecule has 0 aliphatic heterocycles. The normalized spacial score (nSPS) is 12.8. The van der Waals surface area contributed by atoms with Gasteiger partial charge in [0.15, 0.2) is 0 Å². The third kappa shape index (κ3) is 6.85. The third-order valence-corrected chi connectivity index (χ3v) is 6.68. The fourth-order valence-corrected chi connectivity index (χ4v) is 4.62. The zero-order valence-corrected chi connectivity index (χ0v) is 20.1. The minimum Gasteiger partial charge on any atom is -0.480 e. The van der Waals surface area contributed by atoms with Gasteiger partial charge in [-0.2, -0.15) is 0 Å². The number of nitrogens with one attached hydrogen (secondary N) is 2. The van der Waals surface area contributed by atoms with Gasteiger partial charge in [-0.05, 0) is 53.3 Å². The average Bonchev–Trinajstić information content (AvgIpc) is 2.77. The number of sulfonamides is 1. The maximum absolute atomic E-state index is 13.7. The number of carboxylic acid groups (broad SMARTS) is 1. The van der Waals surface area contributed by atoms with E-state index in [4.69, 9.17) is 5.11 Å². The summed E-state index contributed by atoms with van der Waals surface area (Å²) in [5, 5.41) is 11.6. The third-order valence-electron chi connectivity index (χ3n) is 5.21. The molecular formula is C25H28FN3O4S. The van der Waals surface area contributed by atoms with Crippen LogP contribution in [0.4, 0.5) is 10.2 Å². The van der Waals surface area contributed by atoms with Crippen molar-refractivity contribution in [3.05, 3.63) is 89.4 Å². The lowest BCUT2D eigenvalue weighted by atomic mass is 9.86. The van der Waals surface area contributed by atoms with Crippen LogP contribution < -0.4 is 10.0 Å². The molecule has 0 spiro atoms. The van der Waals surface area contributed by atoms with Crippen LogP contribution in [-0.4, -0.2) is 31.0 Å². The Kier molecular flexibility index (Phi) is 7.68. The van der Waals surface area contributed by atoms with E-state index >= 15 is 0 Å². The van der Waals surface area contributed by atoms with Gasteiger partial charge in [0.2, 0.25) is 10.0 Å². The summed E-state index contributed by atoms with van der Waals surface area (Å²) in [5.74, 6) is -1.40. The van der Waals surface area contributed by atoms with Gasteiger partial charge in [-0.15, -0.1) is 0 Å². The second-order valence-corrected chi connectivity index (χ2v) is 10.7. The Morgan fingerprint density at radius 2 is 1.74 bits per heavy atom. The molecule has 1 aromatic heterocycles. The smallest absolute Gasteiger partial charge is 0.322 e. The summed E-state index contributed by atoms with van der Waals surface area (Å²) < 4.78 is 42.4. The molecule has 0 aliphatic rings. The number of rotatable bonds is 9. The van der Waals surface area contributed by atoms with Crippen molar-refractivity contribution in [2.24, 2.45) is 0 Å². The molecule has 0 fully saturated rings. The van der Waals surface area contributed by atoms with E-state index in [1.807, 2.05) is 24.3 Å². The molecular weight excluding hydrogens is 457 g/mol. The number of hydrogen-bond donors (Lipinski definition) is 3. The highest BCUT2D eigenvalue weighted by atomic mass is 32.2. The van der Waals surface area contributed by atoms with E-state index in [1.54, 1.807) is 18.2 Å². The second kappa shape index (κ2) is 10.3. The lowest BCUT2D eigenvalue weighted by Gasteiger charge is -2.21. The van der Waals surface area contributed by atoms with Crippen LogP contribution in [0.1, 0.15) is 43.6 Å². The van der Waals surface area contributed by atoms with Crippen molar-refractivity contribution in [2.75, 3.05) is 11.9 Å². The highest BCUT2D eigenvalue weighted by Crippen LogP contribution is 2.25. The molecule has 2 aromatic carbocycles. The number of aliphatic carboxylic acids is 1. The zero-order valence-electron chi connectivity index (χ0n) is 19.2. The summed E-state index contributed by atoms with van der Waals surface area (Å²) in [7, 11) is -4.06. The summed E-state index contributed by atoms with van der Waals surface area (Å²) in [6.45, 7) is 6.00. The Bertz CT molecular complexity index is 1260. The van der Waals surface area contributed by atoms with Crippen molar-refractivity contribution in [3.8, 4) is 0 Å². The van der Waals surface area contributed by atoms with Crippen molar-refractivity contribution in [1.82, 2.24) is 9.71 Å². The Morgan fingerprint density at radius 3 is 2.35 bits per heavy atom. The van der Waals surface area contributed by atoms with Crippen LogP contribution in [0.25, 0.3) is 0 Å². The first-order chi connectivity index (χ1) is 15.9. The molecule has 34 heavy (non-hydrogen) atoms. The number of aromatic nitrogens is 1. The average molecular weight is 486 g/mol. The number of hydrogen-bond acceptors (Lipinski definition) is 5. The molecule has 1 heterocycles. The molecule has 3 aromatic rings. The molecule has 0 amide bonds. The summed E-state index contributed by atoms with van der Waals surface area (Å²) >= 11 is 0. The summed E-state index contributed by atoms with van der Waals surface area (Å²) in [6.07, 6.45) is 0.286. The Morgan fingerprint density at radius 1 is 1.06 bits per heavy atom. The molecule has 3 N–H and O–H groups in total. The van der Waals surface area contributed by atoms with Crippen LogP contribution in [0.5, 0.6) is 0 Å². The van der Waals surface area contributed by atoms with E-state index in [0.717, 1.165) is 17.2 Å². The van der Waals surface area contributed by atoms with Crippen molar-refractivity contribution in [3.63, 3.8) is 0 Å². The summed E-state index contributed by atoms with van der Waals surface area (Å²) in [5.41, 5.74) is 2.40. The standard InChI is InChI=1S/C25H28FN3O4S/c1-25(2,3)18-12-10-17(11-13-18)14-22(21-8-5-9-23(28-21)27-16-24(30)31)29-34(32,33)20-7-4-6-19(26)15-20/h4-13,15,22,29H,14,16H2,1-3H3,(H,27,28)(H,30,31). The highest BCUT2D eigenvalue weighted by Gasteiger charge is 2.24. The number of halogens is 1. The SMILES string of the molecule is CC(C)(C)c1ccc(CC(NS(=O)(=O)c2cccc(F)c2)c2cccc(NCC(=O)O)n2)cc1. The first-order valence-electron chi connectivity index (χ1n) is 10.7. The van der Waals surface area contributed by atoms with E-state index in [9.17, 15) is 17.6 Å². The largest absolute Gasteiger partial charge is 0.480 e. The first kappa shape index (κ1) is 25.3. The molecule has 0 saturated heterocycles. The molecule has 7 nitrogen and oxygen atoms in total. The van der Waals surface area contributed by atoms with Crippen molar-refractivity contribution in [2.45, 2.75) is 43.5 Å². The molecule has 180 valence electrons. The number of carboxylic acids is 1. The fourth-order valence-electron chi connectivity index (χ4n) is 3.38. The fraction of sp³-hybridized carbons (Fsp3) is 0.280. The maximum Gasteiger partial charge on any atom is 0.322 e. The minimum absolute atomic E-state index is 0.0252. The lowest BCUT2D eigenvalue weighted by molar-refractivity contribution is -0.134. The van der Waals surface area contributed by atoms with Crippen LogP contribution in [0.15, 0.2) is 71.6 Å². The van der Waals surface area contributed by atoms with Crippen LogP contribution in [0.3, 0.4) is 0 Å². The van der Waals surface area contributed by atoms with E-state index in [2.05, 4.69) is 35.8 Å². The van der Waals surface area contributed by atoms with Gasteiger partial charge >= 0.3 is 5.97 Å². The molecule has 9 heteroatoms. The zero-order chi connectivity index (χ0) is 24.9. The maximum atomic E-state index is 13.7. The topological polar surface area (TPSA) is 108 Å². The molecule has 0 aliphatic carbocycles. The number of benzene rings is 2. The minimum atomic E-state index is -4.06. The molecule has 0 bridgehead atoms. The quantitative estimate of drug-likeness (QED) is 0.418. The van der Waals surface area contributed by atoms with Gasteiger partial charge < -0.3 is 10.4 Å². The van der Waals surface area contributed by atoms with Crippen molar-refractivity contribution < 1.29 is 22.7 Å². The van der Waals surface area contributed by atoms with Gasteiger partial charge in [0, 0.05) is 0 Å². The predicted octanol–water partition coefficient (Wildman–Crippen LogP) is 4.28. The lowest BCUT2D eigenvalue weighted by Crippen LogP contribution is -2.31. The van der Waals surface area contributed by atoms with Crippen LogP contribution in [-0.2, 0) is 26.7 Å². The van der Waals surface area contributed by atoms with E-state index in [0.29, 0.717) is 11.5 Å². The van der Waals surface area contributed by atoms with E-state index in [1.165, 1.54) is 18.2 Å². The van der Waals surface area contributed by atoms with Crippen LogP contribution >= 0.6 is 0 Å². The monoisotopic (exact) mass is 485 g/mol. The molecule has 3 rings (SSSR count). The number of carbonyl (C=O) groups is 1. The van der Waals surface area contributed by atoms with Crippen molar-refractivity contribution >= 4 is 21.8 Å². The Hall–Kier alpha value is -3.30. The molecule has 1 unspecified atom stereocenters. The van der Waals surface area contributed by atoms with Gasteiger partial charge in [-0.1, -0.05) is 57.2 Å². The predicted molar refractivity (Wildman–Crippen MR) is 129 cm³/mol. The van der Waals surface area contributed by atoms with Gasteiger partial charge in [0.25, 0.3) is 0 Å².